The number of ketones is 1. The molecule has 3 fully saturated rings. The summed E-state index contributed by atoms with van der Waals surface area (Å²) in [6.45, 7) is -0.391. The number of esters is 1. The number of anilines is 1. The standard InChI is InChI=1S/C24H19NO5S/c26-18(19-6-3-9-31-19)11-30-24(29)14-4-1-2-5-17(14)25-22(27)20-12-7-8-13(16-10-15(12)16)21(20)23(25)28/h1-9,12-13,15-16,20-21H,10-11H2/t12-,13+,15+,16-,20-,21+. The molecule has 6 nitrogen and oxygen atoms in total. The first kappa shape index (κ1) is 18.7. The van der Waals surface area contributed by atoms with Gasteiger partial charge in [-0.25, -0.2) is 9.69 Å². The third kappa shape index (κ3) is 2.69. The van der Waals surface area contributed by atoms with E-state index in [-0.39, 0.29) is 52.5 Å². The number of imide groups is 1. The number of benzene rings is 1. The van der Waals surface area contributed by atoms with Gasteiger partial charge in [-0.2, -0.15) is 0 Å². The number of carbonyl (C=O) groups excluding carboxylic acids is 4. The van der Waals surface area contributed by atoms with Crippen LogP contribution in [0.15, 0.2) is 53.9 Å². The molecule has 2 heterocycles. The molecule has 1 aromatic heterocycles. The van der Waals surface area contributed by atoms with Crippen LogP contribution < -0.4 is 4.90 Å². The fraction of sp³-hybridized carbons (Fsp3) is 0.333. The molecule has 5 aliphatic rings. The van der Waals surface area contributed by atoms with Crippen LogP contribution in [0, 0.1) is 35.5 Å². The maximum Gasteiger partial charge on any atom is 0.340 e. The Kier molecular flexibility index (Phi) is 4.05. The second-order valence-corrected chi connectivity index (χ2v) is 9.61. The van der Waals surface area contributed by atoms with Crippen molar-refractivity contribution in [3.8, 4) is 0 Å². The number of allylic oxidation sites excluding steroid dienone is 2. The molecule has 1 aliphatic heterocycles. The zero-order valence-corrected chi connectivity index (χ0v) is 17.3. The number of carbonyl (C=O) groups is 4. The Balaban J connectivity index is 1.27. The first-order valence-corrected chi connectivity index (χ1v) is 11.3. The maximum absolute atomic E-state index is 13.4. The van der Waals surface area contributed by atoms with Crippen LogP contribution in [-0.2, 0) is 14.3 Å². The van der Waals surface area contributed by atoms with Gasteiger partial charge in [-0.1, -0.05) is 30.4 Å². The molecule has 0 spiro atoms. The van der Waals surface area contributed by atoms with Crippen molar-refractivity contribution in [2.45, 2.75) is 6.42 Å². The van der Waals surface area contributed by atoms with Gasteiger partial charge >= 0.3 is 5.97 Å². The normalized spacial score (nSPS) is 32.1. The van der Waals surface area contributed by atoms with Crippen LogP contribution in [0.2, 0.25) is 0 Å². The fourth-order valence-corrected chi connectivity index (χ4v) is 6.40. The largest absolute Gasteiger partial charge is 0.454 e. The Bertz CT molecular complexity index is 1120. The molecule has 6 atom stereocenters. The molecule has 156 valence electrons. The van der Waals surface area contributed by atoms with Gasteiger partial charge in [0.15, 0.2) is 6.61 Å². The van der Waals surface area contributed by atoms with Crippen LogP contribution in [-0.4, -0.2) is 30.2 Å². The SMILES string of the molecule is O=C(COC(=O)c1ccccc1N1C(=O)[C@@H]2[C@@H]3C=C[C@@H]([C@H]4C[C@@H]34)[C@@H]2C1=O)c1cccs1. The highest BCUT2D eigenvalue weighted by Gasteiger charge is 2.67. The zero-order chi connectivity index (χ0) is 21.3. The van der Waals surface area contributed by atoms with E-state index in [1.807, 2.05) is 0 Å². The minimum absolute atomic E-state index is 0.115. The van der Waals surface area contributed by atoms with E-state index < -0.39 is 12.6 Å². The number of thiophene rings is 1. The van der Waals surface area contributed by atoms with E-state index in [9.17, 15) is 19.2 Å². The van der Waals surface area contributed by atoms with Crippen LogP contribution in [0.25, 0.3) is 0 Å². The lowest BCUT2D eigenvalue weighted by Crippen LogP contribution is -2.40. The van der Waals surface area contributed by atoms with E-state index in [0.29, 0.717) is 16.7 Å². The van der Waals surface area contributed by atoms with Crippen LogP contribution >= 0.6 is 11.3 Å². The molecular formula is C24H19NO5S. The molecule has 1 saturated heterocycles. The molecule has 2 bridgehead atoms. The highest BCUT2D eigenvalue weighted by Crippen LogP contribution is 2.65. The monoisotopic (exact) mass is 433 g/mol. The lowest BCUT2D eigenvalue weighted by Gasteiger charge is -2.37. The molecule has 0 radical (unpaired) electrons. The van der Waals surface area contributed by atoms with Gasteiger partial charge in [0.25, 0.3) is 0 Å². The number of nitrogens with zero attached hydrogens (tertiary/aromatic N) is 1. The Hall–Kier alpha value is -3.06. The summed E-state index contributed by atoms with van der Waals surface area (Å²) in [4.78, 5) is 53.4. The predicted molar refractivity (Wildman–Crippen MR) is 113 cm³/mol. The summed E-state index contributed by atoms with van der Waals surface area (Å²) >= 11 is 1.28. The first-order valence-electron chi connectivity index (χ1n) is 10.5. The number of para-hydroxylation sites is 1. The molecule has 7 rings (SSSR count). The molecule has 31 heavy (non-hydrogen) atoms. The van der Waals surface area contributed by atoms with Crippen LogP contribution in [0.4, 0.5) is 5.69 Å². The molecular weight excluding hydrogens is 414 g/mol. The van der Waals surface area contributed by atoms with Crippen molar-refractivity contribution in [1.82, 2.24) is 0 Å². The second kappa shape index (κ2) is 6.72. The molecule has 7 heteroatoms. The summed E-state index contributed by atoms with van der Waals surface area (Å²) < 4.78 is 5.24. The lowest BCUT2D eigenvalue weighted by molar-refractivity contribution is -0.124. The van der Waals surface area contributed by atoms with Crippen LogP contribution in [0.3, 0.4) is 0 Å². The number of amides is 2. The Morgan fingerprint density at radius 3 is 2.29 bits per heavy atom. The van der Waals surface area contributed by atoms with Crippen molar-refractivity contribution in [3.05, 3.63) is 64.4 Å². The van der Waals surface area contributed by atoms with E-state index in [2.05, 4.69) is 12.2 Å². The van der Waals surface area contributed by atoms with E-state index in [1.165, 1.54) is 22.3 Å². The van der Waals surface area contributed by atoms with Gasteiger partial charge in [0.05, 0.1) is 28.0 Å². The molecule has 2 amide bonds. The minimum atomic E-state index is -0.722. The number of Topliss-reactive ketones (excluding diaryl/α,β-unsaturated/α-hetero) is 1. The average Bonchev–Trinajstić information content (AvgIpc) is 3.36. The summed E-state index contributed by atoms with van der Waals surface area (Å²) in [7, 11) is 0. The molecule has 0 unspecified atom stereocenters. The maximum atomic E-state index is 13.4. The van der Waals surface area contributed by atoms with Gasteiger partial charge in [0.1, 0.15) is 0 Å². The van der Waals surface area contributed by atoms with E-state index in [4.69, 9.17) is 4.74 Å². The minimum Gasteiger partial charge on any atom is -0.454 e. The van der Waals surface area contributed by atoms with Gasteiger partial charge in [-0.15, -0.1) is 11.3 Å². The summed E-state index contributed by atoms with van der Waals surface area (Å²) in [5.41, 5.74) is 0.362. The molecule has 2 saturated carbocycles. The van der Waals surface area contributed by atoms with Crippen molar-refractivity contribution >= 4 is 40.6 Å². The topological polar surface area (TPSA) is 80.8 Å². The third-order valence-electron chi connectivity index (χ3n) is 7.16. The second-order valence-electron chi connectivity index (χ2n) is 8.66. The quantitative estimate of drug-likeness (QED) is 0.313. The first-order chi connectivity index (χ1) is 15.1. The Morgan fingerprint density at radius 1 is 0.968 bits per heavy atom. The molecule has 1 aromatic carbocycles. The van der Waals surface area contributed by atoms with Gasteiger partial charge < -0.3 is 4.74 Å². The van der Waals surface area contributed by atoms with Gasteiger partial charge in [0.2, 0.25) is 17.6 Å². The van der Waals surface area contributed by atoms with Crippen LogP contribution in [0.5, 0.6) is 0 Å². The molecule has 2 aromatic rings. The van der Waals surface area contributed by atoms with E-state index in [0.717, 1.165) is 6.42 Å². The van der Waals surface area contributed by atoms with Gasteiger partial charge in [-0.05, 0) is 53.7 Å². The molecule has 0 N–H and O–H groups in total. The van der Waals surface area contributed by atoms with Crippen molar-refractivity contribution in [3.63, 3.8) is 0 Å². The summed E-state index contributed by atoms with van der Waals surface area (Å²) in [6, 6.07) is 9.90. The van der Waals surface area contributed by atoms with Gasteiger partial charge in [0, 0.05) is 0 Å². The smallest absolute Gasteiger partial charge is 0.340 e. The third-order valence-corrected chi connectivity index (χ3v) is 8.07. The summed E-state index contributed by atoms with van der Waals surface area (Å²) in [6.07, 6.45) is 5.33. The van der Waals surface area contributed by atoms with E-state index >= 15 is 0 Å². The van der Waals surface area contributed by atoms with Crippen molar-refractivity contribution in [1.29, 1.82) is 0 Å². The summed E-state index contributed by atoms with van der Waals surface area (Å²) in [5.74, 6) is -0.890. The van der Waals surface area contributed by atoms with Gasteiger partial charge in [-0.3, -0.25) is 14.4 Å². The number of rotatable bonds is 5. The number of hydrogen-bond acceptors (Lipinski definition) is 6. The van der Waals surface area contributed by atoms with Crippen molar-refractivity contribution < 1.29 is 23.9 Å². The highest BCUT2D eigenvalue weighted by atomic mass is 32.1. The Labute approximate surface area is 182 Å². The predicted octanol–water partition coefficient (Wildman–Crippen LogP) is 3.35. The number of ether oxygens (including phenoxy) is 1. The summed E-state index contributed by atoms with van der Waals surface area (Å²) in [5, 5.41) is 1.78. The van der Waals surface area contributed by atoms with Crippen LogP contribution in [0.1, 0.15) is 26.5 Å². The lowest BCUT2D eigenvalue weighted by atomic mass is 9.63. The van der Waals surface area contributed by atoms with E-state index in [1.54, 1.807) is 35.7 Å². The number of hydrogen-bond donors (Lipinski definition) is 0. The highest BCUT2D eigenvalue weighted by molar-refractivity contribution is 7.12. The molecule has 4 aliphatic carbocycles. The van der Waals surface area contributed by atoms with Crippen molar-refractivity contribution in [2.24, 2.45) is 35.5 Å². The average molecular weight is 433 g/mol. The zero-order valence-electron chi connectivity index (χ0n) is 16.5. The Morgan fingerprint density at radius 2 is 1.65 bits per heavy atom. The van der Waals surface area contributed by atoms with Crippen molar-refractivity contribution in [2.75, 3.05) is 11.5 Å². The fourth-order valence-electron chi connectivity index (χ4n) is 5.75.